The first-order valence-corrected chi connectivity index (χ1v) is 6.38. The molecule has 0 spiro atoms. The van der Waals surface area contributed by atoms with E-state index < -0.39 is 0 Å². The molecule has 0 aromatic heterocycles. The molecule has 0 heterocycles. The summed E-state index contributed by atoms with van der Waals surface area (Å²) in [6.45, 7) is 23.2. The van der Waals surface area contributed by atoms with E-state index in [1.807, 2.05) is 45.9 Å². The van der Waals surface area contributed by atoms with Crippen molar-refractivity contribution in [3.63, 3.8) is 0 Å². The van der Waals surface area contributed by atoms with Crippen molar-refractivity contribution in [1.82, 2.24) is 0 Å². The van der Waals surface area contributed by atoms with Crippen LogP contribution < -0.4 is 5.73 Å². The molecule has 19 heavy (non-hydrogen) atoms. The van der Waals surface area contributed by atoms with Gasteiger partial charge in [0.05, 0.1) is 0 Å². The van der Waals surface area contributed by atoms with Gasteiger partial charge in [0.1, 0.15) is 0 Å². The predicted molar refractivity (Wildman–Crippen MR) is 89.8 cm³/mol. The second-order valence-electron chi connectivity index (χ2n) is 3.93. The molecule has 0 radical (unpaired) electrons. The van der Waals surface area contributed by atoms with Crippen LogP contribution in [0.15, 0.2) is 84.7 Å². The Balaban J connectivity index is 0. The minimum Gasteiger partial charge on any atom is -0.399 e. The monoisotopic (exact) mass is 257 g/mol. The van der Waals surface area contributed by atoms with E-state index in [-0.39, 0.29) is 0 Å². The highest BCUT2D eigenvalue weighted by Crippen LogP contribution is 2.17. The first-order valence-electron chi connectivity index (χ1n) is 6.38. The molecule has 0 aromatic carbocycles. The van der Waals surface area contributed by atoms with Gasteiger partial charge in [-0.25, -0.2) is 0 Å². The van der Waals surface area contributed by atoms with E-state index in [9.17, 15) is 0 Å². The zero-order valence-corrected chi connectivity index (χ0v) is 12.8. The molecular weight excluding hydrogens is 230 g/mol. The number of nitrogens with two attached hydrogens (primary N) is 1. The fourth-order valence-electron chi connectivity index (χ4n) is 1.24. The molecule has 0 rings (SSSR count). The molecule has 0 amide bonds. The third-order valence-corrected chi connectivity index (χ3v) is 2.03. The Morgan fingerprint density at radius 2 is 1.47 bits per heavy atom. The summed E-state index contributed by atoms with van der Waals surface area (Å²) in [5, 5.41) is 0. The van der Waals surface area contributed by atoms with Gasteiger partial charge in [-0.2, -0.15) is 0 Å². The summed E-state index contributed by atoms with van der Waals surface area (Å²) in [5.74, 6) is 0. The third kappa shape index (κ3) is 8.67. The molecule has 0 unspecified atom stereocenters. The van der Waals surface area contributed by atoms with Crippen LogP contribution >= 0.6 is 0 Å². The van der Waals surface area contributed by atoms with Gasteiger partial charge in [0.2, 0.25) is 0 Å². The number of hydrogen-bond acceptors (Lipinski definition) is 1. The van der Waals surface area contributed by atoms with Crippen molar-refractivity contribution in [3.8, 4) is 0 Å². The standard InChI is InChI=1S/C16H21N.C2H6/c1-7-9-16(10-12(3)4)13(5)11-15(8-2)14(6)17;1-2/h7-11H,1-2,5-6,17H2,3-4H3;1-2H3/b15-11+,16-9+;. The molecule has 0 fully saturated rings. The zero-order valence-electron chi connectivity index (χ0n) is 12.8. The van der Waals surface area contributed by atoms with Crippen LogP contribution in [0.5, 0.6) is 0 Å². The van der Waals surface area contributed by atoms with Crippen LogP contribution in [0.25, 0.3) is 0 Å². The van der Waals surface area contributed by atoms with E-state index in [2.05, 4.69) is 26.3 Å². The Kier molecular flexibility index (Phi) is 11.3. The van der Waals surface area contributed by atoms with Crippen LogP contribution in [0.3, 0.4) is 0 Å². The summed E-state index contributed by atoms with van der Waals surface area (Å²) in [4.78, 5) is 0. The van der Waals surface area contributed by atoms with Crippen LogP contribution in [-0.2, 0) is 0 Å². The van der Waals surface area contributed by atoms with E-state index >= 15 is 0 Å². The summed E-state index contributed by atoms with van der Waals surface area (Å²) in [7, 11) is 0. The van der Waals surface area contributed by atoms with E-state index in [0.29, 0.717) is 5.70 Å². The van der Waals surface area contributed by atoms with Crippen molar-refractivity contribution in [2.75, 3.05) is 0 Å². The largest absolute Gasteiger partial charge is 0.399 e. The van der Waals surface area contributed by atoms with Gasteiger partial charge in [-0.15, -0.1) is 0 Å². The summed E-state index contributed by atoms with van der Waals surface area (Å²) in [6, 6.07) is 0. The molecule has 0 aliphatic heterocycles. The average Bonchev–Trinajstić information content (AvgIpc) is 2.36. The van der Waals surface area contributed by atoms with Gasteiger partial charge >= 0.3 is 0 Å². The molecular formula is C18H27N. The summed E-state index contributed by atoms with van der Waals surface area (Å²) in [5.41, 5.74) is 9.96. The Bertz CT molecular complexity index is 425. The van der Waals surface area contributed by atoms with E-state index in [4.69, 9.17) is 5.73 Å². The number of rotatable bonds is 6. The van der Waals surface area contributed by atoms with E-state index in [1.165, 1.54) is 5.57 Å². The molecule has 0 saturated carbocycles. The van der Waals surface area contributed by atoms with Gasteiger partial charge in [0, 0.05) is 5.70 Å². The maximum absolute atomic E-state index is 5.64. The lowest BCUT2D eigenvalue weighted by atomic mass is 10.0. The van der Waals surface area contributed by atoms with Crippen molar-refractivity contribution >= 4 is 0 Å². The van der Waals surface area contributed by atoms with Crippen molar-refractivity contribution in [2.24, 2.45) is 5.73 Å². The Hall–Kier alpha value is -2.02. The van der Waals surface area contributed by atoms with Crippen molar-refractivity contribution < 1.29 is 0 Å². The van der Waals surface area contributed by atoms with Crippen LogP contribution in [0.4, 0.5) is 0 Å². The minimum atomic E-state index is 0.483. The van der Waals surface area contributed by atoms with Gasteiger partial charge in [0.25, 0.3) is 0 Å². The molecule has 1 nitrogen and oxygen atoms in total. The molecule has 0 atom stereocenters. The number of hydrogen-bond donors (Lipinski definition) is 1. The highest BCUT2D eigenvalue weighted by molar-refractivity contribution is 5.52. The topological polar surface area (TPSA) is 26.0 Å². The van der Waals surface area contributed by atoms with Crippen molar-refractivity contribution in [3.05, 3.63) is 84.7 Å². The highest BCUT2D eigenvalue weighted by atomic mass is 14.6. The van der Waals surface area contributed by atoms with Gasteiger partial charge in [0.15, 0.2) is 0 Å². The molecule has 0 aromatic rings. The summed E-state index contributed by atoms with van der Waals surface area (Å²) < 4.78 is 0. The summed E-state index contributed by atoms with van der Waals surface area (Å²) >= 11 is 0. The van der Waals surface area contributed by atoms with Crippen molar-refractivity contribution in [1.29, 1.82) is 0 Å². The van der Waals surface area contributed by atoms with Crippen molar-refractivity contribution in [2.45, 2.75) is 27.7 Å². The maximum Gasteiger partial charge on any atom is 0.0314 e. The fraction of sp³-hybridized carbons (Fsp3) is 0.222. The molecule has 0 saturated heterocycles. The molecule has 2 N–H and O–H groups in total. The fourth-order valence-corrected chi connectivity index (χ4v) is 1.24. The van der Waals surface area contributed by atoms with Crippen LogP contribution in [-0.4, -0.2) is 0 Å². The predicted octanol–water partition coefficient (Wildman–Crippen LogP) is 5.23. The first-order chi connectivity index (χ1) is 8.92. The van der Waals surface area contributed by atoms with Crippen LogP contribution in [0, 0.1) is 0 Å². The maximum atomic E-state index is 5.64. The zero-order chi connectivity index (χ0) is 15.4. The normalized spacial score (nSPS) is 10.7. The van der Waals surface area contributed by atoms with Crippen LogP contribution in [0.1, 0.15) is 27.7 Å². The minimum absolute atomic E-state index is 0.483. The van der Waals surface area contributed by atoms with Gasteiger partial charge < -0.3 is 5.73 Å². The van der Waals surface area contributed by atoms with Crippen LogP contribution in [0.2, 0.25) is 0 Å². The van der Waals surface area contributed by atoms with Gasteiger partial charge in [-0.1, -0.05) is 70.0 Å². The SMILES string of the molecule is C=C/C=C(\C=C(C)C)C(=C)/C=C(\C=C)C(=C)N.CC. The lowest BCUT2D eigenvalue weighted by Gasteiger charge is -2.05. The third-order valence-electron chi connectivity index (χ3n) is 2.03. The molecule has 0 aliphatic rings. The Morgan fingerprint density at radius 1 is 0.947 bits per heavy atom. The lowest BCUT2D eigenvalue weighted by Crippen LogP contribution is -1.97. The highest BCUT2D eigenvalue weighted by Gasteiger charge is 1.99. The lowest BCUT2D eigenvalue weighted by molar-refractivity contribution is 1.34. The molecule has 0 aliphatic carbocycles. The van der Waals surface area contributed by atoms with E-state index in [0.717, 1.165) is 16.7 Å². The van der Waals surface area contributed by atoms with Gasteiger partial charge in [-0.05, 0) is 36.6 Å². The Labute approximate surface area is 118 Å². The molecule has 1 heteroatoms. The van der Waals surface area contributed by atoms with E-state index in [1.54, 1.807) is 12.2 Å². The number of allylic oxidation sites excluding steroid dienone is 8. The second-order valence-corrected chi connectivity index (χ2v) is 3.93. The first kappa shape index (κ1) is 19.3. The second kappa shape index (κ2) is 11.1. The average molecular weight is 257 g/mol. The quantitative estimate of drug-likeness (QED) is 0.648. The Morgan fingerprint density at radius 3 is 1.79 bits per heavy atom. The van der Waals surface area contributed by atoms with Gasteiger partial charge in [-0.3, -0.25) is 0 Å². The smallest absolute Gasteiger partial charge is 0.0314 e. The molecule has 104 valence electrons. The summed E-state index contributed by atoms with van der Waals surface area (Å²) in [6.07, 6.45) is 9.22. The molecule has 0 bridgehead atoms.